The molecule has 2 aromatic rings. The number of aryl methyl sites for hydroxylation is 1. The molecule has 0 fully saturated rings. The van der Waals surface area contributed by atoms with Crippen molar-refractivity contribution in [2.75, 3.05) is 0 Å². The Labute approximate surface area is 94.9 Å². The van der Waals surface area contributed by atoms with E-state index >= 15 is 0 Å². The highest BCUT2D eigenvalue weighted by atomic mass is 127. The molecule has 13 heavy (non-hydrogen) atoms. The highest BCUT2D eigenvalue weighted by Crippen LogP contribution is 1.74. The smallest absolute Gasteiger partial charge is 0.0943 e. The van der Waals surface area contributed by atoms with Crippen molar-refractivity contribution in [2.45, 2.75) is 0 Å². The molecular formula is C9H12IN3. The Bertz CT molecular complexity index is 254. The fourth-order valence-corrected chi connectivity index (χ4v) is 0.638. The van der Waals surface area contributed by atoms with Gasteiger partial charge < -0.3 is 4.57 Å². The van der Waals surface area contributed by atoms with Crippen LogP contribution in [-0.4, -0.2) is 14.5 Å². The maximum absolute atomic E-state index is 3.78. The van der Waals surface area contributed by atoms with Gasteiger partial charge in [-0.1, -0.05) is 6.07 Å². The van der Waals surface area contributed by atoms with Crippen LogP contribution in [0.3, 0.4) is 0 Å². The molecule has 4 heteroatoms. The van der Waals surface area contributed by atoms with Gasteiger partial charge in [0.25, 0.3) is 0 Å². The van der Waals surface area contributed by atoms with Crippen molar-refractivity contribution >= 4 is 24.0 Å². The summed E-state index contributed by atoms with van der Waals surface area (Å²) < 4.78 is 1.89. The van der Waals surface area contributed by atoms with Gasteiger partial charge in [0.1, 0.15) is 0 Å². The molecule has 0 radical (unpaired) electrons. The van der Waals surface area contributed by atoms with E-state index in [4.69, 9.17) is 0 Å². The second kappa shape index (κ2) is 7.72. The van der Waals surface area contributed by atoms with E-state index in [1.165, 1.54) is 0 Å². The van der Waals surface area contributed by atoms with Crippen molar-refractivity contribution in [3.05, 3.63) is 49.3 Å². The topological polar surface area (TPSA) is 30.7 Å². The number of hydrogen-bond donors (Lipinski definition) is 0. The Morgan fingerprint density at radius 2 is 1.62 bits per heavy atom. The summed E-state index contributed by atoms with van der Waals surface area (Å²) in [6, 6.07) is 5.72. The Morgan fingerprint density at radius 1 is 0.923 bits per heavy atom. The lowest BCUT2D eigenvalue weighted by molar-refractivity contribution is 0.913. The van der Waals surface area contributed by atoms with Crippen LogP contribution in [0.25, 0.3) is 0 Å². The minimum Gasteiger partial charge on any atom is -0.341 e. The van der Waals surface area contributed by atoms with Gasteiger partial charge >= 0.3 is 0 Å². The molecular weight excluding hydrogens is 277 g/mol. The summed E-state index contributed by atoms with van der Waals surface area (Å²) in [5, 5.41) is 0. The number of halogens is 1. The molecule has 0 aliphatic heterocycles. The molecule has 2 aromatic heterocycles. The van der Waals surface area contributed by atoms with Crippen molar-refractivity contribution in [3.8, 4) is 0 Å². The van der Waals surface area contributed by atoms with Crippen LogP contribution < -0.4 is 0 Å². The van der Waals surface area contributed by atoms with Crippen molar-refractivity contribution < 1.29 is 0 Å². The van der Waals surface area contributed by atoms with Crippen molar-refractivity contribution in [1.29, 1.82) is 0 Å². The van der Waals surface area contributed by atoms with Crippen molar-refractivity contribution in [2.24, 2.45) is 7.05 Å². The lowest BCUT2D eigenvalue weighted by atomic mass is 10.5. The van der Waals surface area contributed by atoms with E-state index < -0.39 is 0 Å². The first-order chi connectivity index (χ1) is 5.89. The molecule has 0 aliphatic carbocycles. The molecule has 0 N–H and O–H groups in total. The summed E-state index contributed by atoms with van der Waals surface area (Å²) in [4.78, 5) is 7.57. The molecule has 0 saturated heterocycles. The summed E-state index contributed by atoms with van der Waals surface area (Å²) in [6.07, 6.45) is 8.89. The third-order valence-electron chi connectivity index (χ3n) is 1.20. The summed E-state index contributed by atoms with van der Waals surface area (Å²) in [6.45, 7) is 0. The minimum absolute atomic E-state index is 0. The molecule has 0 aromatic carbocycles. The van der Waals surface area contributed by atoms with Gasteiger partial charge in [-0.3, -0.25) is 4.98 Å². The summed E-state index contributed by atoms with van der Waals surface area (Å²) in [5.74, 6) is 0. The van der Waals surface area contributed by atoms with Crippen LogP contribution in [-0.2, 0) is 7.05 Å². The molecule has 2 rings (SSSR count). The fraction of sp³-hybridized carbons (Fsp3) is 0.111. The number of hydrogen-bond acceptors (Lipinski definition) is 2. The molecule has 0 saturated carbocycles. The quantitative estimate of drug-likeness (QED) is 0.696. The molecule has 0 spiro atoms. The molecule has 0 unspecified atom stereocenters. The van der Waals surface area contributed by atoms with E-state index in [2.05, 4.69) is 9.97 Å². The number of aromatic nitrogens is 3. The van der Waals surface area contributed by atoms with Gasteiger partial charge in [-0.2, -0.15) is 0 Å². The predicted octanol–water partition coefficient (Wildman–Crippen LogP) is 2.12. The zero-order valence-electron chi connectivity index (χ0n) is 7.37. The zero-order valence-corrected chi connectivity index (χ0v) is 9.70. The third-order valence-corrected chi connectivity index (χ3v) is 1.20. The van der Waals surface area contributed by atoms with Crippen LogP contribution in [0.1, 0.15) is 0 Å². The van der Waals surface area contributed by atoms with E-state index in [9.17, 15) is 0 Å². The Balaban J connectivity index is 0.000000206. The lowest BCUT2D eigenvalue weighted by Crippen LogP contribution is -1.76. The van der Waals surface area contributed by atoms with Gasteiger partial charge in [0, 0.05) is 31.8 Å². The average Bonchev–Trinajstić information content (AvgIpc) is 2.60. The van der Waals surface area contributed by atoms with Gasteiger partial charge in [-0.25, -0.2) is 4.98 Å². The van der Waals surface area contributed by atoms with Crippen molar-refractivity contribution in [1.82, 2.24) is 14.5 Å². The molecule has 0 aliphatic rings. The van der Waals surface area contributed by atoms with E-state index in [1.54, 1.807) is 24.9 Å². The Morgan fingerprint density at radius 3 is 1.77 bits per heavy atom. The normalized spacial score (nSPS) is 7.77. The van der Waals surface area contributed by atoms with Crippen LogP contribution in [0.15, 0.2) is 49.3 Å². The second-order valence-corrected chi connectivity index (χ2v) is 2.25. The predicted molar refractivity (Wildman–Crippen MR) is 62.9 cm³/mol. The monoisotopic (exact) mass is 289 g/mol. The van der Waals surface area contributed by atoms with Gasteiger partial charge in [0.05, 0.1) is 6.33 Å². The van der Waals surface area contributed by atoms with Crippen molar-refractivity contribution in [3.63, 3.8) is 0 Å². The van der Waals surface area contributed by atoms with Crippen LogP contribution in [0.5, 0.6) is 0 Å². The van der Waals surface area contributed by atoms with Crippen LogP contribution in [0, 0.1) is 0 Å². The summed E-state index contributed by atoms with van der Waals surface area (Å²) in [5.41, 5.74) is 0. The first-order valence-electron chi connectivity index (χ1n) is 3.66. The molecule has 0 amide bonds. The minimum atomic E-state index is 0. The number of nitrogens with zero attached hydrogens (tertiary/aromatic N) is 3. The molecule has 0 atom stereocenters. The standard InChI is InChI=1S/C5H5N.C4H6N2.HI/c1-2-4-6-5-3-1;1-6-3-2-5-4-6;/h1-5H;2-4H,1H3;1H. The highest BCUT2D eigenvalue weighted by Gasteiger charge is 1.69. The Kier molecular flexibility index (Phi) is 7.18. The second-order valence-electron chi connectivity index (χ2n) is 2.25. The summed E-state index contributed by atoms with van der Waals surface area (Å²) in [7, 11) is 1.94. The molecule has 70 valence electrons. The summed E-state index contributed by atoms with van der Waals surface area (Å²) >= 11 is 0. The molecule has 0 bridgehead atoms. The molecule has 2 heterocycles. The fourth-order valence-electron chi connectivity index (χ4n) is 0.638. The van der Waals surface area contributed by atoms with Crippen LogP contribution in [0.4, 0.5) is 0 Å². The first kappa shape index (κ1) is 12.1. The van der Waals surface area contributed by atoms with Gasteiger partial charge in [0.15, 0.2) is 0 Å². The van der Waals surface area contributed by atoms with E-state index in [0.717, 1.165) is 0 Å². The van der Waals surface area contributed by atoms with E-state index in [1.807, 2.05) is 36.0 Å². The largest absolute Gasteiger partial charge is 0.341 e. The van der Waals surface area contributed by atoms with E-state index in [0.29, 0.717) is 0 Å². The zero-order chi connectivity index (χ0) is 8.65. The van der Waals surface area contributed by atoms with Crippen LogP contribution in [0.2, 0.25) is 0 Å². The average molecular weight is 289 g/mol. The Hall–Kier alpha value is -0.910. The maximum Gasteiger partial charge on any atom is 0.0943 e. The number of rotatable bonds is 0. The SMILES string of the molecule is Cn1ccnc1.I.c1ccncc1. The van der Waals surface area contributed by atoms with Gasteiger partial charge in [-0.15, -0.1) is 24.0 Å². The maximum atomic E-state index is 3.78. The van der Waals surface area contributed by atoms with Gasteiger partial charge in [-0.05, 0) is 12.1 Å². The number of pyridine rings is 1. The first-order valence-corrected chi connectivity index (χ1v) is 3.66. The lowest BCUT2D eigenvalue weighted by Gasteiger charge is -1.76. The molecule has 3 nitrogen and oxygen atoms in total. The third kappa shape index (κ3) is 6.27. The highest BCUT2D eigenvalue weighted by molar-refractivity contribution is 14.0. The van der Waals surface area contributed by atoms with E-state index in [-0.39, 0.29) is 24.0 Å². The number of imidazole rings is 1. The van der Waals surface area contributed by atoms with Crippen LogP contribution >= 0.6 is 24.0 Å². The van der Waals surface area contributed by atoms with Gasteiger partial charge in [0.2, 0.25) is 0 Å².